The van der Waals surface area contributed by atoms with Gasteiger partial charge < -0.3 is 5.32 Å². The van der Waals surface area contributed by atoms with Crippen LogP contribution in [0.25, 0.3) is 11.4 Å². The molecule has 6 nitrogen and oxygen atoms in total. The molecule has 0 radical (unpaired) electrons. The van der Waals surface area contributed by atoms with Crippen molar-refractivity contribution in [1.82, 2.24) is 9.97 Å². The zero-order valence-corrected chi connectivity index (χ0v) is 11.6. The Labute approximate surface area is 124 Å². The molecule has 0 aliphatic rings. The summed E-state index contributed by atoms with van der Waals surface area (Å²) in [7, 11) is 0. The van der Waals surface area contributed by atoms with Gasteiger partial charge in [-0.05, 0) is 18.2 Å². The standard InChI is InChI=1S/C14H10N4O2S/c19-18(20)11-5-3-4-10(8-11)16-14-17-13(9-21-14)12-6-1-2-7-15-12/h1-9H,(H,16,17). The molecule has 0 atom stereocenters. The third kappa shape index (κ3) is 3.03. The van der Waals surface area contributed by atoms with E-state index >= 15 is 0 Å². The monoisotopic (exact) mass is 298 g/mol. The zero-order valence-electron chi connectivity index (χ0n) is 10.8. The molecule has 0 saturated heterocycles. The van der Waals surface area contributed by atoms with Crippen molar-refractivity contribution in [3.63, 3.8) is 0 Å². The fourth-order valence-corrected chi connectivity index (χ4v) is 2.51. The predicted molar refractivity (Wildman–Crippen MR) is 81.7 cm³/mol. The van der Waals surface area contributed by atoms with Crippen LogP contribution in [-0.4, -0.2) is 14.9 Å². The van der Waals surface area contributed by atoms with Crippen molar-refractivity contribution in [3.05, 3.63) is 64.2 Å². The molecule has 3 rings (SSSR count). The third-order valence-electron chi connectivity index (χ3n) is 2.74. The van der Waals surface area contributed by atoms with E-state index in [1.54, 1.807) is 18.3 Å². The van der Waals surface area contributed by atoms with Gasteiger partial charge in [-0.3, -0.25) is 15.1 Å². The largest absolute Gasteiger partial charge is 0.331 e. The molecule has 0 unspecified atom stereocenters. The minimum absolute atomic E-state index is 0.0431. The lowest BCUT2D eigenvalue weighted by Crippen LogP contribution is -1.92. The average Bonchev–Trinajstić information content (AvgIpc) is 2.97. The Balaban J connectivity index is 1.82. The minimum Gasteiger partial charge on any atom is -0.331 e. The van der Waals surface area contributed by atoms with Crippen LogP contribution in [0.3, 0.4) is 0 Å². The van der Waals surface area contributed by atoms with Crippen LogP contribution in [0, 0.1) is 10.1 Å². The summed E-state index contributed by atoms with van der Waals surface area (Å²) < 4.78 is 0. The number of nitro benzene ring substituents is 1. The summed E-state index contributed by atoms with van der Waals surface area (Å²) in [6.45, 7) is 0. The highest BCUT2D eigenvalue weighted by Gasteiger charge is 2.08. The van der Waals surface area contributed by atoms with Crippen LogP contribution in [0.15, 0.2) is 54.0 Å². The van der Waals surface area contributed by atoms with E-state index in [-0.39, 0.29) is 5.69 Å². The van der Waals surface area contributed by atoms with Gasteiger partial charge in [0.25, 0.3) is 5.69 Å². The molecular formula is C14H10N4O2S. The number of pyridine rings is 1. The van der Waals surface area contributed by atoms with Gasteiger partial charge >= 0.3 is 0 Å². The number of aromatic nitrogens is 2. The number of benzene rings is 1. The van der Waals surface area contributed by atoms with Crippen LogP contribution in [0.4, 0.5) is 16.5 Å². The predicted octanol–water partition coefficient (Wildman–Crippen LogP) is 3.86. The summed E-state index contributed by atoms with van der Waals surface area (Å²) in [5.74, 6) is 0. The quantitative estimate of drug-likeness (QED) is 0.584. The van der Waals surface area contributed by atoms with Crippen LogP contribution < -0.4 is 5.32 Å². The van der Waals surface area contributed by atoms with Crippen molar-refractivity contribution < 1.29 is 4.92 Å². The Morgan fingerprint density at radius 1 is 1.14 bits per heavy atom. The maximum absolute atomic E-state index is 10.8. The number of anilines is 2. The number of thiazole rings is 1. The number of hydrogen-bond acceptors (Lipinski definition) is 6. The Morgan fingerprint density at radius 2 is 2.05 bits per heavy atom. The maximum Gasteiger partial charge on any atom is 0.271 e. The second kappa shape index (κ2) is 5.68. The van der Waals surface area contributed by atoms with Gasteiger partial charge in [-0.2, -0.15) is 0 Å². The number of hydrogen-bond donors (Lipinski definition) is 1. The van der Waals surface area contributed by atoms with Gasteiger partial charge in [0, 0.05) is 29.4 Å². The molecule has 0 spiro atoms. The lowest BCUT2D eigenvalue weighted by atomic mass is 10.3. The van der Waals surface area contributed by atoms with Crippen molar-refractivity contribution in [1.29, 1.82) is 0 Å². The highest BCUT2D eigenvalue weighted by Crippen LogP contribution is 2.27. The Bertz CT molecular complexity index is 773. The molecule has 104 valence electrons. The van der Waals surface area contributed by atoms with Gasteiger partial charge in [0.05, 0.1) is 10.6 Å². The first-order chi connectivity index (χ1) is 10.2. The second-order valence-corrected chi connectivity index (χ2v) is 5.04. The number of rotatable bonds is 4. The lowest BCUT2D eigenvalue weighted by Gasteiger charge is -2.01. The van der Waals surface area contributed by atoms with Gasteiger partial charge in [0.15, 0.2) is 5.13 Å². The smallest absolute Gasteiger partial charge is 0.271 e. The van der Waals surface area contributed by atoms with Gasteiger partial charge in [-0.15, -0.1) is 11.3 Å². The van der Waals surface area contributed by atoms with Crippen LogP contribution >= 0.6 is 11.3 Å². The molecule has 2 aromatic heterocycles. The number of non-ortho nitro benzene ring substituents is 1. The first-order valence-corrected chi connectivity index (χ1v) is 6.99. The molecule has 1 aromatic carbocycles. The van der Waals surface area contributed by atoms with Gasteiger partial charge in [0.2, 0.25) is 0 Å². The molecule has 0 amide bonds. The molecular weight excluding hydrogens is 288 g/mol. The fourth-order valence-electron chi connectivity index (χ4n) is 1.78. The molecule has 21 heavy (non-hydrogen) atoms. The molecule has 0 aliphatic carbocycles. The van der Waals surface area contributed by atoms with E-state index < -0.39 is 4.92 Å². The van der Waals surface area contributed by atoms with Crippen molar-refractivity contribution in [2.45, 2.75) is 0 Å². The summed E-state index contributed by atoms with van der Waals surface area (Å²) in [4.78, 5) is 19.0. The topological polar surface area (TPSA) is 81.0 Å². The Hall–Kier alpha value is -2.80. The van der Waals surface area contributed by atoms with E-state index in [1.807, 2.05) is 23.6 Å². The summed E-state index contributed by atoms with van der Waals surface area (Å²) in [6.07, 6.45) is 1.71. The molecule has 0 bridgehead atoms. The molecule has 2 heterocycles. The molecule has 0 aliphatic heterocycles. The van der Waals surface area contributed by atoms with Crippen molar-refractivity contribution >= 4 is 27.8 Å². The summed E-state index contributed by atoms with van der Waals surface area (Å²) in [5, 5.41) is 16.4. The molecule has 0 fully saturated rings. The number of nitro groups is 1. The summed E-state index contributed by atoms with van der Waals surface area (Å²) in [6, 6.07) is 11.9. The Morgan fingerprint density at radius 3 is 2.81 bits per heavy atom. The molecule has 7 heteroatoms. The number of nitrogens with one attached hydrogen (secondary N) is 1. The second-order valence-electron chi connectivity index (χ2n) is 4.19. The van der Waals surface area contributed by atoms with E-state index in [0.717, 1.165) is 11.4 Å². The van der Waals surface area contributed by atoms with Crippen molar-refractivity contribution in [2.24, 2.45) is 0 Å². The van der Waals surface area contributed by atoms with E-state index in [4.69, 9.17) is 0 Å². The minimum atomic E-state index is -0.424. The zero-order chi connectivity index (χ0) is 14.7. The number of nitrogens with zero attached hydrogens (tertiary/aromatic N) is 3. The van der Waals surface area contributed by atoms with Crippen LogP contribution in [0.1, 0.15) is 0 Å². The van der Waals surface area contributed by atoms with E-state index in [0.29, 0.717) is 10.8 Å². The normalized spacial score (nSPS) is 10.3. The first kappa shape index (κ1) is 13.2. The fraction of sp³-hybridized carbons (Fsp3) is 0. The van der Waals surface area contributed by atoms with E-state index in [1.165, 1.54) is 23.5 Å². The third-order valence-corrected chi connectivity index (χ3v) is 3.50. The average molecular weight is 298 g/mol. The molecule has 3 aromatic rings. The first-order valence-electron chi connectivity index (χ1n) is 6.11. The van der Waals surface area contributed by atoms with E-state index in [2.05, 4.69) is 15.3 Å². The summed E-state index contributed by atoms with van der Waals surface area (Å²) >= 11 is 1.42. The SMILES string of the molecule is O=[N+]([O-])c1cccc(Nc2nc(-c3ccccn3)cs2)c1. The molecule has 1 N–H and O–H groups in total. The van der Waals surface area contributed by atoms with E-state index in [9.17, 15) is 10.1 Å². The van der Waals surface area contributed by atoms with Crippen molar-refractivity contribution in [2.75, 3.05) is 5.32 Å². The van der Waals surface area contributed by atoms with Gasteiger partial charge in [0.1, 0.15) is 5.69 Å². The van der Waals surface area contributed by atoms with Crippen LogP contribution in [0.2, 0.25) is 0 Å². The van der Waals surface area contributed by atoms with Gasteiger partial charge in [-0.25, -0.2) is 4.98 Å². The maximum atomic E-state index is 10.8. The lowest BCUT2D eigenvalue weighted by molar-refractivity contribution is -0.384. The summed E-state index contributed by atoms with van der Waals surface area (Å²) in [5.41, 5.74) is 2.24. The highest BCUT2D eigenvalue weighted by atomic mass is 32.1. The Kier molecular flexibility index (Phi) is 3.57. The van der Waals surface area contributed by atoms with Crippen LogP contribution in [0.5, 0.6) is 0 Å². The highest BCUT2D eigenvalue weighted by molar-refractivity contribution is 7.14. The molecule has 0 saturated carbocycles. The van der Waals surface area contributed by atoms with Gasteiger partial charge in [-0.1, -0.05) is 12.1 Å². The van der Waals surface area contributed by atoms with Crippen LogP contribution in [-0.2, 0) is 0 Å². The van der Waals surface area contributed by atoms with Crippen molar-refractivity contribution in [3.8, 4) is 11.4 Å².